The Bertz CT molecular complexity index is 625. The van der Waals surface area contributed by atoms with E-state index in [1.54, 1.807) is 18.7 Å². The molecule has 1 aliphatic rings. The van der Waals surface area contributed by atoms with Gasteiger partial charge in [0.1, 0.15) is 17.3 Å². The van der Waals surface area contributed by atoms with Crippen LogP contribution in [-0.4, -0.2) is 33.4 Å². The molecular weight excluding hydrogens is 292 g/mol. The van der Waals surface area contributed by atoms with Crippen LogP contribution in [0.15, 0.2) is 35.2 Å². The molecule has 1 amide bonds. The number of aromatic nitrogens is 2. The van der Waals surface area contributed by atoms with E-state index in [0.29, 0.717) is 24.1 Å². The van der Waals surface area contributed by atoms with Crippen molar-refractivity contribution in [1.82, 2.24) is 14.9 Å². The highest BCUT2D eigenvalue weighted by Gasteiger charge is 2.27. The summed E-state index contributed by atoms with van der Waals surface area (Å²) in [6.07, 6.45) is 9.12. The van der Waals surface area contributed by atoms with Gasteiger partial charge in [0, 0.05) is 12.6 Å². The number of piperidine rings is 1. The molecule has 3 heterocycles. The van der Waals surface area contributed by atoms with Gasteiger partial charge in [-0.3, -0.25) is 4.79 Å². The maximum atomic E-state index is 12.6. The fraction of sp³-hybridized carbons (Fsp3) is 0.471. The smallest absolute Gasteiger partial charge is 0.274 e. The van der Waals surface area contributed by atoms with Crippen LogP contribution in [0.3, 0.4) is 0 Å². The topological polar surface area (TPSA) is 71.3 Å². The van der Waals surface area contributed by atoms with Gasteiger partial charge >= 0.3 is 0 Å². The molecule has 0 aromatic carbocycles. The summed E-state index contributed by atoms with van der Waals surface area (Å²) < 4.78 is 5.25. The number of hydrogen-bond acceptors (Lipinski definition) is 5. The molecule has 2 aromatic heterocycles. The number of rotatable bonds is 5. The number of hydrogen-bond donors (Lipinski definition) is 1. The minimum Gasteiger partial charge on any atom is -0.467 e. The van der Waals surface area contributed by atoms with E-state index in [0.717, 1.165) is 31.6 Å². The van der Waals surface area contributed by atoms with E-state index in [1.165, 1.54) is 6.42 Å². The van der Waals surface area contributed by atoms with Gasteiger partial charge in [0.05, 0.1) is 25.2 Å². The van der Waals surface area contributed by atoms with Crippen LogP contribution in [-0.2, 0) is 6.54 Å². The van der Waals surface area contributed by atoms with E-state index in [2.05, 4.69) is 22.2 Å². The summed E-state index contributed by atoms with van der Waals surface area (Å²) in [7, 11) is 0. The van der Waals surface area contributed by atoms with E-state index >= 15 is 0 Å². The molecule has 122 valence electrons. The first-order valence-electron chi connectivity index (χ1n) is 8.17. The lowest BCUT2D eigenvalue weighted by Crippen LogP contribution is -2.43. The van der Waals surface area contributed by atoms with Gasteiger partial charge < -0.3 is 14.6 Å². The van der Waals surface area contributed by atoms with Gasteiger partial charge in [-0.15, -0.1) is 0 Å². The molecule has 0 aliphatic carbocycles. The van der Waals surface area contributed by atoms with Crippen molar-refractivity contribution in [3.63, 3.8) is 0 Å². The molecule has 0 saturated carbocycles. The molecule has 0 spiro atoms. The van der Waals surface area contributed by atoms with Gasteiger partial charge in [-0.2, -0.15) is 0 Å². The SMILES string of the molecule is CCC1CCCCN1C(=O)c1cnc(NCc2ccco2)cn1. The summed E-state index contributed by atoms with van der Waals surface area (Å²) in [5.41, 5.74) is 0.411. The Morgan fingerprint density at radius 1 is 1.39 bits per heavy atom. The molecule has 0 radical (unpaired) electrons. The lowest BCUT2D eigenvalue weighted by Gasteiger charge is -2.34. The van der Waals surface area contributed by atoms with Crippen LogP contribution in [0, 0.1) is 0 Å². The van der Waals surface area contributed by atoms with Crippen molar-refractivity contribution in [2.75, 3.05) is 11.9 Å². The minimum atomic E-state index is -0.0124. The minimum absolute atomic E-state index is 0.0124. The highest BCUT2D eigenvalue weighted by Crippen LogP contribution is 2.21. The Labute approximate surface area is 135 Å². The van der Waals surface area contributed by atoms with Gasteiger partial charge in [-0.05, 0) is 37.8 Å². The highest BCUT2D eigenvalue weighted by atomic mass is 16.3. The molecule has 1 atom stereocenters. The number of amides is 1. The number of anilines is 1. The first-order valence-corrected chi connectivity index (χ1v) is 8.17. The maximum Gasteiger partial charge on any atom is 0.274 e. The zero-order valence-corrected chi connectivity index (χ0v) is 13.4. The van der Waals surface area contributed by atoms with Gasteiger partial charge in [0.2, 0.25) is 0 Å². The monoisotopic (exact) mass is 314 g/mol. The van der Waals surface area contributed by atoms with Crippen LogP contribution >= 0.6 is 0 Å². The normalized spacial score (nSPS) is 18.0. The number of nitrogens with zero attached hydrogens (tertiary/aromatic N) is 3. The number of nitrogens with one attached hydrogen (secondary N) is 1. The Hall–Kier alpha value is -2.37. The molecule has 1 fully saturated rings. The number of furan rings is 1. The molecule has 0 bridgehead atoms. The van der Waals surface area contributed by atoms with E-state index in [-0.39, 0.29) is 5.91 Å². The summed E-state index contributed by atoms with van der Waals surface area (Å²) in [4.78, 5) is 23.1. The van der Waals surface area contributed by atoms with Crippen molar-refractivity contribution in [1.29, 1.82) is 0 Å². The first-order chi connectivity index (χ1) is 11.3. The third-order valence-corrected chi connectivity index (χ3v) is 4.25. The molecule has 1 aliphatic heterocycles. The Kier molecular flexibility index (Phi) is 4.90. The summed E-state index contributed by atoms with van der Waals surface area (Å²) in [5, 5.41) is 3.12. The predicted octanol–water partition coefficient (Wildman–Crippen LogP) is 3.09. The second-order valence-corrected chi connectivity index (χ2v) is 5.78. The van der Waals surface area contributed by atoms with Crippen LogP contribution in [0.5, 0.6) is 0 Å². The molecule has 1 saturated heterocycles. The van der Waals surface area contributed by atoms with Gasteiger partial charge in [0.15, 0.2) is 0 Å². The maximum absolute atomic E-state index is 12.6. The summed E-state index contributed by atoms with van der Waals surface area (Å²) in [5.74, 6) is 1.44. The van der Waals surface area contributed by atoms with Gasteiger partial charge in [-0.25, -0.2) is 9.97 Å². The van der Waals surface area contributed by atoms with Crippen molar-refractivity contribution in [3.8, 4) is 0 Å². The van der Waals surface area contributed by atoms with E-state index < -0.39 is 0 Å². The highest BCUT2D eigenvalue weighted by molar-refractivity contribution is 5.92. The first kappa shape index (κ1) is 15.5. The fourth-order valence-corrected chi connectivity index (χ4v) is 2.96. The number of likely N-dealkylation sites (tertiary alicyclic amines) is 1. The van der Waals surface area contributed by atoms with Crippen molar-refractivity contribution in [2.45, 2.75) is 45.2 Å². The van der Waals surface area contributed by atoms with Crippen molar-refractivity contribution in [2.24, 2.45) is 0 Å². The van der Waals surface area contributed by atoms with Crippen LogP contribution < -0.4 is 5.32 Å². The molecule has 1 N–H and O–H groups in total. The predicted molar refractivity (Wildman–Crippen MR) is 87.0 cm³/mol. The zero-order valence-electron chi connectivity index (χ0n) is 13.4. The van der Waals surface area contributed by atoms with E-state index in [9.17, 15) is 4.79 Å². The zero-order chi connectivity index (χ0) is 16.1. The lowest BCUT2D eigenvalue weighted by atomic mass is 10.00. The Balaban J connectivity index is 1.62. The second-order valence-electron chi connectivity index (χ2n) is 5.78. The fourth-order valence-electron chi connectivity index (χ4n) is 2.96. The van der Waals surface area contributed by atoms with E-state index in [1.807, 2.05) is 17.0 Å². The van der Waals surface area contributed by atoms with Gasteiger partial charge in [0.25, 0.3) is 5.91 Å². The summed E-state index contributed by atoms with van der Waals surface area (Å²) in [6, 6.07) is 4.06. The average Bonchev–Trinajstić information content (AvgIpc) is 3.13. The van der Waals surface area contributed by atoms with Crippen LogP contribution in [0.2, 0.25) is 0 Å². The third kappa shape index (κ3) is 3.70. The molecule has 23 heavy (non-hydrogen) atoms. The number of carbonyl (C=O) groups excluding carboxylic acids is 1. The molecule has 6 heteroatoms. The molecular formula is C17H22N4O2. The third-order valence-electron chi connectivity index (χ3n) is 4.25. The largest absolute Gasteiger partial charge is 0.467 e. The van der Waals surface area contributed by atoms with Crippen molar-refractivity contribution < 1.29 is 9.21 Å². The Morgan fingerprint density at radius 3 is 3.00 bits per heavy atom. The van der Waals surface area contributed by atoms with E-state index in [4.69, 9.17) is 4.42 Å². The quantitative estimate of drug-likeness (QED) is 0.918. The Morgan fingerprint density at radius 2 is 2.30 bits per heavy atom. The lowest BCUT2D eigenvalue weighted by molar-refractivity contribution is 0.0601. The molecule has 1 unspecified atom stereocenters. The average molecular weight is 314 g/mol. The summed E-state index contributed by atoms with van der Waals surface area (Å²) >= 11 is 0. The molecule has 2 aromatic rings. The molecule has 3 rings (SSSR count). The van der Waals surface area contributed by atoms with Gasteiger partial charge in [-0.1, -0.05) is 6.92 Å². The molecule has 6 nitrogen and oxygen atoms in total. The van der Waals surface area contributed by atoms with Crippen molar-refractivity contribution in [3.05, 3.63) is 42.2 Å². The van der Waals surface area contributed by atoms with Crippen molar-refractivity contribution >= 4 is 11.7 Å². The van der Waals surface area contributed by atoms with Crippen LogP contribution in [0.25, 0.3) is 0 Å². The van der Waals surface area contributed by atoms with Crippen LogP contribution in [0.1, 0.15) is 48.9 Å². The second kappa shape index (κ2) is 7.26. The van der Waals surface area contributed by atoms with Crippen LogP contribution in [0.4, 0.5) is 5.82 Å². The summed E-state index contributed by atoms with van der Waals surface area (Å²) in [6.45, 7) is 3.49. The number of carbonyl (C=O) groups is 1. The standard InChI is InChI=1S/C17H22N4O2/c1-2-13-6-3-4-8-21(13)17(22)15-11-20-16(12-18-15)19-10-14-7-5-9-23-14/h5,7,9,11-13H,2-4,6,8,10H2,1H3,(H,19,20).